The Balaban J connectivity index is 2.11. The number of aliphatic hydroxyl groups is 2. The van der Waals surface area contributed by atoms with Crippen molar-refractivity contribution >= 4 is 0 Å². The van der Waals surface area contributed by atoms with Gasteiger partial charge in [-0.05, 0) is 25.0 Å². The monoisotopic (exact) mass is 344 g/mol. The SMILES string of the molecule is CCCCCCCCCCCCC[C@](O)(C#Cc1ccccc1)CO. The third-order valence-corrected chi connectivity index (χ3v) is 4.67. The van der Waals surface area contributed by atoms with Gasteiger partial charge in [-0.2, -0.15) is 0 Å². The normalized spacial score (nSPS) is 13.1. The van der Waals surface area contributed by atoms with Gasteiger partial charge < -0.3 is 10.2 Å². The van der Waals surface area contributed by atoms with E-state index in [0.29, 0.717) is 6.42 Å². The average molecular weight is 345 g/mol. The van der Waals surface area contributed by atoms with Crippen molar-refractivity contribution in [2.75, 3.05) is 6.61 Å². The van der Waals surface area contributed by atoms with Crippen molar-refractivity contribution in [3.8, 4) is 11.8 Å². The van der Waals surface area contributed by atoms with Gasteiger partial charge in [0.2, 0.25) is 0 Å². The fourth-order valence-electron chi connectivity index (χ4n) is 2.97. The Bertz CT molecular complexity index is 486. The van der Waals surface area contributed by atoms with E-state index in [1.54, 1.807) is 0 Å². The number of hydrogen-bond acceptors (Lipinski definition) is 2. The maximum absolute atomic E-state index is 10.4. The van der Waals surface area contributed by atoms with E-state index in [1.807, 2.05) is 30.3 Å². The summed E-state index contributed by atoms with van der Waals surface area (Å²) in [5.74, 6) is 5.82. The van der Waals surface area contributed by atoms with Crippen molar-refractivity contribution < 1.29 is 10.2 Å². The van der Waals surface area contributed by atoms with Crippen LogP contribution in [-0.4, -0.2) is 22.4 Å². The average Bonchev–Trinajstić information content (AvgIpc) is 2.65. The van der Waals surface area contributed by atoms with Gasteiger partial charge in [-0.1, -0.05) is 101 Å². The summed E-state index contributed by atoms with van der Waals surface area (Å²) >= 11 is 0. The van der Waals surface area contributed by atoms with E-state index in [0.717, 1.165) is 18.4 Å². The van der Waals surface area contributed by atoms with Crippen LogP contribution >= 0.6 is 0 Å². The highest BCUT2D eigenvalue weighted by Crippen LogP contribution is 2.16. The van der Waals surface area contributed by atoms with Gasteiger partial charge in [0.05, 0.1) is 6.61 Å². The van der Waals surface area contributed by atoms with Crippen LogP contribution in [0.1, 0.15) is 89.5 Å². The van der Waals surface area contributed by atoms with Crippen molar-refractivity contribution in [1.82, 2.24) is 0 Å². The van der Waals surface area contributed by atoms with Gasteiger partial charge in [0, 0.05) is 5.56 Å². The van der Waals surface area contributed by atoms with Crippen molar-refractivity contribution in [1.29, 1.82) is 0 Å². The second kappa shape index (κ2) is 13.9. The summed E-state index contributed by atoms with van der Waals surface area (Å²) in [6, 6.07) is 9.60. The second-order valence-corrected chi connectivity index (χ2v) is 7.09. The van der Waals surface area contributed by atoms with Gasteiger partial charge in [0.1, 0.15) is 5.60 Å². The van der Waals surface area contributed by atoms with Gasteiger partial charge in [-0.3, -0.25) is 0 Å². The third kappa shape index (κ3) is 11.0. The Morgan fingerprint density at radius 3 is 1.84 bits per heavy atom. The van der Waals surface area contributed by atoms with Gasteiger partial charge in [0.25, 0.3) is 0 Å². The molecule has 0 aromatic heterocycles. The number of rotatable bonds is 13. The zero-order chi connectivity index (χ0) is 18.2. The molecule has 0 heterocycles. The minimum atomic E-state index is -1.27. The maximum atomic E-state index is 10.4. The highest BCUT2D eigenvalue weighted by atomic mass is 16.3. The minimum Gasteiger partial charge on any atom is -0.392 e. The molecule has 0 fully saturated rings. The maximum Gasteiger partial charge on any atom is 0.148 e. The molecule has 2 heteroatoms. The Morgan fingerprint density at radius 1 is 0.800 bits per heavy atom. The molecule has 2 N–H and O–H groups in total. The van der Waals surface area contributed by atoms with Crippen LogP contribution in [0, 0.1) is 11.8 Å². The predicted molar refractivity (Wildman–Crippen MR) is 106 cm³/mol. The van der Waals surface area contributed by atoms with Crippen LogP contribution in [0.2, 0.25) is 0 Å². The zero-order valence-electron chi connectivity index (χ0n) is 16.0. The van der Waals surface area contributed by atoms with Crippen molar-refractivity contribution in [2.45, 2.75) is 89.6 Å². The van der Waals surface area contributed by atoms with Gasteiger partial charge in [-0.15, -0.1) is 0 Å². The molecule has 0 spiro atoms. The topological polar surface area (TPSA) is 40.5 Å². The molecule has 0 radical (unpaired) electrons. The standard InChI is InChI=1S/C23H36O2/c1-2-3-4-5-6-7-8-9-10-11-15-19-23(25,21-24)20-18-22-16-13-12-14-17-22/h12-14,16-17,24-25H,2-11,15,19,21H2,1H3/t23-/m0/s1. The Labute approximate surface area is 154 Å². The molecule has 25 heavy (non-hydrogen) atoms. The molecule has 2 nitrogen and oxygen atoms in total. The van der Waals surface area contributed by atoms with Gasteiger partial charge in [-0.25, -0.2) is 0 Å². The van der Waals surface area contributed by atoms with E-state index in [-0.39, 0.29) is 6.61 Å². The summed E-state index contributed by atoms with van der Waals surface area (Å²) in [6.45, 7) is 1.95. The lowest BCUT2D eigenvalue weighted by molar-refractivity contribution is 0.0267. The third-order valence-electron chi connectivity index (χ3n) is 4.67. The van der Waals surface area contributed by atoms with Crippen LogP contribution in [0.3, 0.4) is 0 Å². The fourth-order valence-corrected chi connectivity index (χ4v) is 2.97. The first kappa shape index (κ1) is 21.7. The molecule has 0 bridgehead atoms. The molecule has 0 saturated carbocycles. The first-order valence-electron chi connectivity index (χ1n) is 10.1. The minimum absolute atomic E-state index is 0.301. The smallest absolute Gasteiger partial charge is 0.148 e. The van der Waals surface area contributed by atoms with Crippen LogP contribution < -0.4 is 0 Å². The van der Waals surface area contributed by atoms with E-state index >= 15 is 0 Å². The lowest BCUT2D eigenvalue weighted by atomic mass is 9.96. The Kier molecular flexibility index (Phi) is 12.1. The second-order valence-electron chi connectivity index (χ2n) is 7.09. The molecule has 1 atom stereocenters. The van der Waals surface area contributed by atoms with E-state index in [4.69, 9.17) is 0 Å². The molecule has 1 aromatic rings. The lowest BCUT2D eigenvalue weighted by Gasteiger charge is -2.19. The molecular formula is C23H36O2. The summed E-state index contributed by atoms with van der Waals surface area (Å²) in [7, 11) is 0. The first-order chi connectivity index (χ1) is 12.2. The highest BCUT2D eigenvalue weighted by Gasteiger charge is 2.22. The van der Waals surface area contributed by atoms with Crippen molar-refractivity contribution in [3.05, 3.63) is 35.9 Å². The number of hydrogen-bond donors (Lipinski definition) is 2. The van der Waals surface area contributed by atoms with Crippen LogP contribution in [0.4, 0.5) is 0 Å². The van der Waals surface area contributed by atoms with E-state index in [1.165, 1.54) is 57.8 Å². The van der Waals surface area contributed by atoms with E-state index in [2.05, 4.69) is 18.8 Å². The Hall–Kier alpha value is -1.30. The zero-order valence-corrected chi connectivity index (χ0v) is 16.0. The van der Waals surface area contributed by atoms with Gasteiger partial charge in [0.15, 0.2) is 0 Å². The molecule has 1 aromatic carbocycles. The molecular weight excluding hydrogens is 308 g/mol. The summed E-state index contributed by atoms with van der Waals surface area (Å²) in [4.78, 5) is 0. The van der Waals surface area contributed by atoms with Crippen LogP contribution in [0.15, 0.2) is 30.3 Å². The van der Waals surface area contributed by atoms with Crippen LogP contribution in [0.25, 0.3) is 0 Å². The largest absolute Gasteiger partial charge is 0.392 e. The first-order valence-corrected chi connectivity index (χ1v) is 10.1. The molecule has 0 amide bonds. The van der Waals surface area contributed by atoms with Crippen molar-refractivity contribution in [3.63, 3.8) is 0 Å². The molecule has 0 aliphatic carbocycles. The highest BCUT2D eigenvalue weighted by molar-refractivity contribution is 5.35. The fraction of sp³-hybridized carbons (Fsp3) is 0.652. The number of benzene rings is 1. The summed E-state index contributed by atoms with van der Waals surface area (Å²) in [5, 5.41) is 19.9. The van der Waals surface area contributed by atoms with Crippen LogP contribution in [0.5, 0.6) is 0 Å². The molecule has 0 unspecified atom stereocenters. The predicted octanol–water partition coefficient (Wildman–Crippen LogP) is 5.46. The van der Waals surface area contributed by atoms with Crippen molar-refractivity contribution in [2.24, 2.45) is 0 Å². The van der Waals surface area contributed by atoms with E-state index < -0.39 is 5.60 Å². The number of aliphatic hydroxyl groups excluding tert-OH is 1. The lowest BCUT2D eigenvalue weighted by Crippen LogP contribution is -2.31. The number of unbranched alkanes of at least 4 members (excludes halogenated alkanes) is 10. The summed E-state index contributed by atoms with van der Waals surface area (Å²) in [6.07, 6.45) is 14.6. The summed E-state index contributed by atoms with van der Waals surface area (Å²) in [5.41, 5.74) is -0.400. The molecule has 0 aliphatic rings. The quantitative estimate of drug-likeness (QED) is 0.368. The molecule has 0 aliphatic heterocycles. The molecule has 1 rings (SSSR count). The molecule has 140 valence electrons. The summed E-state index contributed by atoms with van der Waals surface area (Å²) < 4.78 is 0. The van der Waals surface area contributed by atoms with Crippen LogP contribution in [-0.2, 0) is 0 Å². The Morgan fingerprint density at radius 2 is 1.32 bits per heavy atom. The van der Waals surface area contributed by atoms with Gasteiger partial charge >= 0.3 is 0 Å². The van der Waals surface area contributed by atoms with E-state index in [9.17, 15) is 10.2 Å². The molecule has 0 saturated heterocycles.